The van der Waals surface area contributed by atoms with Crippen molar-refractivity contribution in [2.24, 2.45) is 7.05 Å². The predicted octanol–water partition coefficient (Wildman–Crippen LogP) is 1.03. The van der Waals surface area contributed by atoms with Crippen LogP contribution in [0, 0.1) is 0 Å². The van der Waals surface area contributed by atoms with E-state index in [1.807, 2.05) is 13.8 Å². The molecule has 7 heteroatoms. The minimum absolute atomic E-state index is 0.248. The number of aryl methyl sites for hydroxylation is 1. The molecule has 3 N–H and O–H groups in total. The van der Waals surface area contributed by atoms with E-state index in [1.54, 1.807) is 24.1 Å². The van der Waals surface area contributed by atoms with E-state index in [2.05, 4.69) is 15.5 Å². The Morgan fingerprint density at radius 1 is 1.39 bits per heavy atom. The fourth-order valence-corrected chi connectivity index (χ4v) is 1.61. The molecule has 0 bridgehead atoms. The lowest BCUT2D eigenvalue weighted by Gasteiger charge is -2.05. The van der Waals surface area contributed by atoms with Crippen LogP contribution in [0.4, 0.5) is 11.4 Å². The monoisotopic (exact) mass is 248 g/mol. The second kappa shape index (κ2) is 4.52. The molecule has 0 aromatic carbocycles. The SMILES string of the molecule is CC(C)n1cc(NC(=O)c2c(N)cnn2C)cn1. The molecule has 0 atom stereocenters. The van der Waals surface area contributed by atoms with Crippen LogP contribution >= 0.6 is 0 Å². The van der Waals surface area contributed by atoms with Crippen molar-refractivity contribution in [2.75, 3.05) is 11.1 Å². The number of nitrogens with two attached hydrogens (primary N) is 1. The summed E-state index contributed by atoms with van der Waals surface area (Å²) >= 11 is 0. The van der Waals surface area contributed by atoms with Crippen LogP contribution in [-0.4, -0.2) is 25.5 Å². The summed E-state index contributed by atoms with van der Waals surface area (Å²) in [6, 6.07) is 0.248. The number of nitrogens with one attached hydrogen (secondary N) is 1. The van der Waals surface area contributed by atoms with Crippen LogP contribution in [0.2, 0.25) is 0 Å². The number of carbonyl (C=O) groups is 1. The summed E-state index contributed by atoms with van der Waals surface area (Å²) in [5.74, 6) is -0.296. The minimum Gasteiger partial charge on any atom is -0.396 e. The van der Waals surface area contributed by atoms with E-state index in [-0.39, 0.29) is 11.9 Å². The molecule has 0 spiro atoms. The third-order valence-electron chi connectivity index (χ3n) is 2.57. The van der Waals surface area contributed by atoms with Crippen LogP contribution in [0.3, 0.4) is 0 Å². The highest BCUT2D eigenvalue weighted by Gasteiger charge is 2.15. The highest BCUT2D eigenvalue weighted by Crippen LogP contribution is 2.14. The predicted molar refractivity (Wildman–Crippen MR) is 68.2 cm³/mol. The first-order valence-corrected chi connectivity index (χ1v) is 5.62. The molecular formula is C11H16N6O. The second-order valence-electron chi connectivity index (χ2n) is 4.33. The first kappa shape index (κ1) is 12.2. The molecule has 2 aromatic heterocycles. The Morgan fingerprint density at radius 3 is 2.61 bits per heavy atom. The zero-order valence-corrected chi connectivity index (χ0v) is 10.6. The van der Waals surface area contributed by atoms with E-state index >= 15 is 0 Å². The zero-order valence-electron chi connectivity index (χ0n) is 10.6. The van der Waals surface area contributed by atoms with Gasteiger partial charge in [-0.1, -0.05) is 0 Å². The topological polar surface area (TPSA) is 90.8 Å². The van der Waals surface area contributed by atoms with Crippen molar-refractivity contribution >= 4 is 17.3 Å². The quantitative estimate of drug-likeness (QED) is 0.848. The molecule has 2 aromatic rings. The summed E-state index contributed by atoms with van der Waals surface area (Å²) in [7, 11) is 1.67. The van der Waals surface area contributed by atoms with Crippen molar-refractivity contribution in [2.45, 2.75) is 19.9 Å². The number of rotatable bonds is 3. The smallest absolute Gasteiger partial charge is 0.276 e. The third-order valence-corrected chi connectivity index (χ3v) is 2.57. The Labute approximate surface area is 105 Å². The van der Waals surface area contributed by atoms with E-state index in [0.29, 0.717) is 17.1 Å². The van der Waals surface area contributed by atoms with Gasteiger partial charge in [-0.15, -0.1) is 0 Å². The van der Waals surface area contributed by atoms with Gasteiger partial charge in [0.25, 0.3) is 5.91 Å². The van der Waals surface area contributed by atoms with Gasteiger partial charge in [0.2, 0.25) is 0 Å². The van der Waals surface area contributed by atoms with E-state index in [4.69, 9.17) is 5.73 Å². The molecule has 2 rings (SSSR count). The van der Waals surface area contributed by atoms with Gasteiger partial charge in [-0.2, -0.15) is 10.2 Å². The van der Waals surface area contributed by atoms with E-state index in [0.717, 1.165) is 0 Å². The van der Waals surface area contributed by atoms with Gasteiger partial charge in [0.05, 0.1) is 23.8 Å². The number of anilines is 2. The highest BCUT2D eigenvalue weighted by molar-refractivity contribution is 6.06. The Kier molecular flexibility index (Phi) is 3.05. The van der Waals surface area contributed by atoms with Gasteiger partial charge in [0.1, 0.15) is 5.69 Å². The number of nitrogen functional groups attached to an aromatic ring is 1. The maximum atomic E-state index is 12.0. The average Bonchev–Trinajstić information content (AvgIpc) is 2.86. The molecule has 0 aliphatic heterocycles. The summed E-state index contributed by atoms with van der Waals surface area (Å²) in [5.41, 5.74) is 7.01. The van der Waals surface area contributed by atoms with Gasteiger partial charge >= 0.3 is 0 Å². The summed E-state index contributed by atoms with van der Waals surface area (Å²) in [4.78, 5) is 12.0. The van der Waals surface area contributed by atoms with Crippen LogP contribution < -0.4 is 11.1 Å². The standard InChI is InChI=1S/C11H16N6O/c1-7(2)17-6-8(4-14-17)15-11(18)10-9(12)5-13-16(10)3/h4-7H,12H2,1-3H3,(H,15,18). The fourth-order valence-electron chi connectivity index (χ4n) is 1.61. The van der Waals surface area contributed by atoms with E-state index in [1.165, 1.54) is 10.9 Å². The molecule has 18 heavy (non-hydrogen) atoms. The molecule has 2 heterocycles. The number of carbonyl (C=O) groups excluding carboxylic acids is 1. The lowest BCUT2D eigenvalue weighted by Crippen LogP contribution is -2.17. The zero-order chi connectivity index (χ0) is 13.3. The molecule has 96 valence electrons. The summed E-state index contributed by atoms with van der Waals surface area (Å²) in [6.07, 6.45) is 4.83. The van der Waals surface area contributed by atoms with Crippen molar-refractivity contribution in [1.29, 1.82) is 0 Å². The Bertz CT molecular complexity index is 548. The minimum atomic E-state index is -0.296. The fraction of sp³-hybridized carbons (Fsp3) is 0.364. The number of amides is 1. The van der Waals surface area contributed by atoms with Gasteiger partial charge < -0.3 is 11.1 Å². The molecule has 0 fully saturated rings. The molecule has 0 unspecified atom stereocenters. The molecular weight excluding hydrogens is 232 g/mol. The third kappa shape index (κ3) is 2.20. The Balaban J connectivity index is 2.16. The van der Waals surface area contributed by atoms with Gasteiger partial charge in [-0.3, -0.25) is 14.2 Å². The maximum absolute atomic E-state index is 12.0. The van der Waals surface area contributed by atoms with Crippen LogP contribution in [-0.2, 0) is 7.05 Å². The lowest BCUT2D eigenvalue weighted by molar-refractivity contribution is 0.101. The number of hydrogen-bond acceptors (Lipinski definition) is 4. The molecule has 0 aliphatic carbocycles. The largest absolute Gasteiger partial charge is 0.396 e. The maximum Gasteiger partial charge on any atom is 0.276 e. The highest BCUT2D eigenvalue weighted by atomic mass is 16.2. The van der Waals surface area contributed by atoms with Gasteiger partial charge in [-0.25, -0.2) is 0 Å². The van der Waals surface area contributed by atoms with Gasteiger partial charge in [-0.05, 0) is 13.8 Å². The van der Waals surface area contributed by atoms with Crippen LogP contribution in [0.1, 0.15) is 30.4 Å². The number of nitrogens with zero attached hydrogens (tertiary/aromatic N) is 4. The molecule has 0 saturated carbocycles. The normalized spacial score (nSPS) is 10.9. The van der Waals surface area contributed by atoms with Crippen molar-refractivity contribution in [3.05, 3.63) is 24.3 Å². The summed E-state index contributed by atoms with van der Waals surface area (Å²) in [6.45, 7) is 4.02. The molecule has 0 aliphatic rings. The molecule has 1 amide bonds. The molecule has 0 radical (unpaired) electrons. The summed E-state index contributed by atoms with van der Waals surface area (Å²) in [5, 5.41) is 10.8. The van der Waals surface area contributed by atoms with Gasteiger partial charge in [0.15, 0.2) is 0 Å². The first-order chi connectivity index (χ1) is 8.49. The van der Waals surface area contributed by atoms with E-state index < -0.39 is 0 Å². The first-order valence-electron chi connectivity index (χ1n) is 5.62. The van der Waals surface area contributed by atoms with Crippen molar-refractivity contribution in [3.8, 4) is 0 Å². The average molecular weight is 248 g/mol. The number of hydrogen-bond donors (Lipinski definition) is 2. The van der Waals surface area contributed by atoms with Crippen molar-refractivity contribution in [3.63, 3.8) is 0 Å². The van der Waals surface area contributed by atoms with Crippen LogP contribution in [0.5, 0.6) is 0 Å². The molecule has 7 nitrogen and oxygen atoms in total. The van der Waals surface area contributed by atoms with Crippen molar-refractivity contribution < 1.29 is 4.79 Å². The van der Waals surface area contributed by atoms with E-state index in [9.17, 15) is 4.79 Å². The van der Waals surface area contributed by atoms with Crippen molar-refractivity contribution in [1.82, 2.24) is 19.6 Å². The van der Waals surface area contributed by atoms with Gasteiger partial charge in [0, 0.05) is 19.3 Å². The Morgan fingerprint density at radius 2 is 2.11 bits per heavy atom. The number of aromatic nitrogens is 4. The summed E-state index contributed by atoms with van der Waals surface area (Å²) < 4.78 is 3.21. The Hall–Kier alpha value is -2.31. The van der Waals surface area contributed by atoms with Crippen LogP contribution in [0.25, 0.3) is 0 Å². The lowest BCUT2D eigenvalue weighted by atomic mass is 10.3. The van der Waals surface area contributed by atoms with Crippen LogP contribution in [0.15, 0.2) is 18.6 Å². The second-order valence-corrected chi connectivity index (χ2v) is 4.33. The molecule has 0 saturated heterocycles.